The summed E-state index contributed by atoms with van der Waals surface area (Å²) in [5.74, 6) is 0.00742. The van der Waals surface area contributed by atoms with Gasteiger partial charge in [0.2, 0.25) is 0 Å². The van der Waals surface area contributed by atoms with Crippen LogP contribution >= 0.6 is 0 Å². The molecule has 1 aromatic heterocycles. The summed E-state index contributed by atoms with van der Waals surface area (Å²) in [4.78, 5) is 17.3. The van der Waals surface area contributed by atoms with Crippen LogP contribution in [0.2, 0.25) is 0 Å². The molecule has 2 aromatic carbocycles. The smallest absolute Gasteiger partial charge is 0.449 e. The minimum atomic E-state index is -0.609. The van der Waals surface area contributed by atoms with E-state index in [0.717, 1.165) is 16.7 Å². The molecule has 2 aliphatic rings. The van der Waals surface area contributed by atoms with Crippen LogP contribution in [-0.4, -0.2) is 42.5 Å². The number of nitrogens with one attached hydrogen (secondary N) is 1. The molecule has 5 rings (SSSR count). The number of rotatable bonds is 6. The molecule has 1 amide bonds. The highest BCUT2D eigenvalue weighted by Crippen LogP contribution is 2.44. The number of amides is 1. The maximum atomic E-state index is 12.8. The number of carbonyl (C=O) groups is 1. The van der Waals surface area contributed by atoms with Gasteiger partial charge in [0.25, 0.3) is 0 Å². The minimum Gasteiger partial charge on any atom is -0.449 e. The first-order chi connectivity index (χ1) is 17.6. The van der Waals surface area contributed by atoms with Crippen molar-refractivity contribution in [2.75, 3.05) is 13.2 Å². The fraction of sp³-hybridized carbons (Fsp3) is 0.333. The number of aromatic nitrogens is 1. The Hall–Kier alpha value is -3.42. The van der Waals surface area contributed by atoms with E-state index in [4.69, 9.17) is 14.0 Å². The Kier molecular flexibility index (Phi) is 6.69. The molecule has 0 bridgehead atoms. The van der Waals surface area contributed by atoms with Crippen molar-refractivity contribution in [1.82, 2.24) is 10.3 Å². The summed E-state index contributed by atoms with van der Waals surface area (Å²) in [6.45, 7) is 10.5. The summed E-state index contributed by atoms with van der Waals surface area (Å²) in [5, 5.41) is 2.90. The molecular weight excluding hydrogens is 463 g/mol. The highest BCUT2D eigenvalue weighted by molar-refractivity contribution is 6.56. The minimum absolute atomic E-state index is 0.00742. The largest absolute Gasteiger partial charge is 0.492 e. The molecule has 1 fully saturated rings. The van der Waals surface area contributed by atoms with E-state index in [1.165, 1.54) is 22.3 Å². The monoisotopic (exact) mass is 496 g/mol. The number of hydrogen-bond acceptors (Lipinski definition) is 5. The van der Waals surface area contributed by atoms with Gasteiger partial charge in [-0.25, -0.2) is 4.79 Å². The van der Waals surface area contributed by atoms with E-state index in [2.05, 4.69) is 34.6 Å². The van der Waals surface area contributed by atoms with E-state index in [0.29, 0.717) is 0 Å². The zero-order chi connectivity index (χ0) is 26.2. The Balaban J connectivity index is 1.29. The molecule has 0 saturated carbocycles. The highest BCUT2D eigenvalue weighted by Gasteiger charge is 2.52. The summed E-state index contributed by atoms with van der Waals surface area (Å²) in [5.41, 5.74) is 6.37. The third-order valence-electron chi connectivity index (χ3n) is 7.60. The average molecular weight is 496 g/mol. The molecule has 0 unspecified atom stereocenters. The number of fused-ring (bicyclic) bond motifs is 3. The van der Waals surface area contributed by atoms with Crippen LogP contribution < -0.4 is 5.32 Å². The molecule has 1 saturated heterocycles. The van der Waals surface area contributed by atoms with Gasteiger partial charge in [0.1, 0.15) is 6.61 Å². The Morgan fingerprint density at radius 3 is 2.14 bits per heavy atom. The summed E-state index contributed by atoms with van der Waals surface area (Å²) in [7, 11) is -0.609. The van der Waals surface area contributed by atoms with Crippen molar-refractivity contribution in [1.29, 1.82) is 0 Å². The first-order valence-electron chi connectivity index (χ1n) is 12.7. The maximum Gasteiger partial charge on any atom is 0.492 e. The quantitative estimate of drug-likeness (QED) is 0.428. The molecule has 0 atom stereocenters. The lowest BCUT2D eigenvalue weighted by atomic mass is 9.77. The van der Waals surface area contributed by atoms with Crippen molar-refractivity contribution < 1.29 is 18.8 Å². The van der Waals surface area contributed by atoms with Gasteiger partial charge >= 0.3 is 13.2 Å². The van der Waals surface area contributed by atoms with Crippen molar-refractivity contribution in [3.63, 3.8) is 0 Å². The van der Waals surface area contributed by atoms with Gasteiger partial charge in [-0.15, -0.1) is 0 Å². The van der Waals surface area contributed by atoms with Crippen molar-refractivity contribution in [2.45, 2.75) is 51.7 Å². The highest BCUT2D eigenvalue weighted by atomic mass is 16.7. The Morgan fingerprint density at radius 1 is 0.973 bits per heavy atom. The second-order valence-corrected chi connectivity index (χ2v) is 10.7. The van der Waals surface area contributed by atoms with E-state index < -0.39 is 24.4 Å². The average Bonchev–Trinajstić information content (AvgIpc) is 3.30. The summed E-state index contributed by atoms with van der Waals surface area (Å²) >= 11 is 0. The predicted molar refractivity (Wildman–Crippen MR) is 146 cm³/mol. The summed E-state index contributed by atoms with van der Waals surface area (Å²) in [6.07, 6.45) is 3.24. The molecule has 7 heteroatoms. The molecule has 6 nitrogen and oxygen atoms in total. The lowest BCUT2D eigenvalue weighted by Gasteiger charge is -2.32. The number of nitrogens with zero attached hydrogens (tertiary/aromatic N) is 1. The number of ether oxygens (including phenoxy) is 1. The molecule has 1 aliphatic carbocycles. The van der Waals surface area contributed by atoms with Crippen molar-refractivity contribution >= 4 is 19.3 Å². The van der Waals surface area contributed by atoms with Crippen LogP contribution in [0.1, 0.15) is 56.0 Å². The number of alkyl carbamates (subject to hydrolysis) is 1. The second-order valence-electron chi connectivity index (χ2n) is 10.7. The molecule has 190 valence electrons. The standard InChI is InChI=1S/C30H33BN2O4/c1-20-14-15-22(32-17-20)16-21(31-36-29(2,3)30(4,5)37-31)18-33-28(34)35-19-27-25-12-8-6-10-23(25)24-11-7-9-13-26(24)27/h6-17,27H,18-19H2,1-5H3,(H,33,34). The maximum absolute atomic E-state index is 12.8. The number of carbonyl (C=O) groups excluding carboxylic acids is 1. The van der Waals surface area contributed by atoms with Gasteiger partial charge < -0.3 is 19.4 Å². The fourth-order valence-electron chi connectivity index (χ4n) is 4.78. The van der Waals surface area contributed by atoms with E-state index >= 15 is 0 Å². The molecule has 2 heterocycles. The lowest BCUT2D eigenvalue weighted by molar-refractivity contribution is 0.00578. The van der Waals surface area contributed by atoms with Crippen molar-refractivity contribution in [2.24, 2.45) is 0 Å². The SMILES string of the molecule is Cc1ccc(C=C(CNC(=O)OCC2c3ccccc3-c3ccccc32)B2OC(C)(C)C(C)(C)O2)nc1. The normalized spacial score (nSPS) is 17.9. The number of aryl methyl sites for hydroxylation is 1. The third kappa shape index (κ3) is 5.06. The number of benzene rings is 2. The van der Waals surface area contributed by atoms with Crippen LogP contribution in [0.4, 0.5) is 4.79 Å². The van der Waals surface area contributed by atoms with Gasteiger partial charge in [-0.05, 0) is 80.1 Å². The van der Waals surface area contributed by atoms with Gasteiger partial charge in [-0.1, -0.05) is 54.6 Å². The van der Waals surface area contributed by atoms with Crippen LogP contribution in [0.25, 0.3) is 17.2 Å². The fourth-order valence-corrected chi connectivity index (χ4v) is 4.78. The first kappa shape index (κ1) is 25.2. The van der Waals surface area contributed by atoms with Gasteiger partial charge in [0.05, 0.1) is 16.9 Å². The van der Waals surface area contributed by atoms with Crippen LogP contribution in [0, 0.1) is 6.92 Å². The number of pyridine rings is 1. The number of hydrogen-bond donors (Lipinski definition) is 1. The van der Waals surface area contributed by atoms with E-state index in [-0.39, 0.29) is 19.1 Å². The van der Waals surface area contributed by atoms with Crippen LogP contribution in [0.5, 0.6) is 0 Å². The molecule has 3 aromatic rings. The van der Waals surface area contributed by atoms with Crippen LogP contribution in [0.15, 0.2) is 72.3 Å². The van der Waals surface area contributed by atoms with Crippen LogP contribution in [0.3, 0.4) is 0 Å². The lowest BCUT2D eigenvalue weighted by Crippen LogP contribution is -2.41. The van der Waals surface area contributed by atoms with Crippen molar-refractivity contribution in [3.8, 4) is 11.1 Å². The summed E-state index contributed by atoms with van der Waals surface area (Å²) in [6, 6.07) is 20.5. The Labute approximate surface area is 219 Å². The Bertz CT molecular complexity index is 1270. The zero-order valence-electron chi connectivity index (χ0n) is 22.1. The van der Waals surface area contributed by atoms with Crippen LogP contribution in [-0.2, 0) is 14.0 Å². The van der Waals surface area contributed by atoms with Gasteiger partial charge in [-0.3, -0.25) is 4.98 Å². The summed E-state index contributed by atoms with van der Waals surface area (Å²) < 4.78 is 18.3. The topological polar surface area (TPSA) is 69.7 Å². The Morgan fingerprint density at radius 2 is 1.57 bits per heavy atom. The van der Waals surface area contributed by atoms with Gasteiger partial charge in [0, 0.05) is 18.7 Å². The molecule has 1 N–H and O–H groups in total. The molecule has 37 heavy (non-hydrogen) atoms. The van der Waals surface area contributed by atoms with E-state index in [1.807, 2.05) is 83.3 Å². The van der Waals surface area contributed by atoms with Gasteiger partial charge in [0.15, 0.2) is 0 Å². The second kappa shape index (κ2) is 9.80. The third-order valence-corrected chi connectivity index (χ3v) is 7.60. The van der Waals surface area contributed by atoms with E-state index in [9.17, 15) is 4.79 Å². The molecule has 0 radical (unpaired) electrons. The van der Waals surface area contributed by atoms with Crippen molar-refractivity contribution in [3.05, 3.63) is 94.7 Å². The van der Waals surface area contributed by atoms with E-state index in [1.54, 1.807) is 0 Å². The molecular formula is C30H33BN2O4. The predicted octanol–water partition coefficient (Wildman–Crippen LogP) is 5.94. The zero-order valence-corrected chi connectivity index (χ0v) is 22.1. The molecule has 1 aliphatic heterocycles. The first-order valence-corrected chi connectivity index (χ1v) is 12.7. The van der Waals surface area contributed by atoms with Gasteiger partial charge in [-0.2, -0.15) is 0 Å². The molecule has 0 spiro atoms.